The first-order valence-corrected chi connectivity index (χ1v) is 10.1. The van der Waals surface area contributed by atoms with Crippen LogP contribution in [0.25, 0.3) is 0 Å². The first-order valence-electron chi connectivity index (χ1n) is 10.1. The van der Waals surface area contributed by atoms with Crippen LogP contribution in [-0.2, 0) is 13.5 Å². The van der Waals surface area contributed by atoms with E-state index in [0.717, 1.165) is 58.7 Å². The topological polar surface area (TPSA) is 102 Å². The van der Waals surface area contributed by atoms with Crippen LogP contribution in [-0.4, -0.2) is 21.0 Å². The Labute approximate surface area is 176 Å². The molecule has 3 aromatic rings. The van der Waals surface area contributed by atoms with E-state index in [1.807, 2.05) is 39.2 Å². The minimum absolute atomic E-state index is 0.0935. The summed E-state index contributed by atoms with van der Waals surface area (Å²) in [6.45, 7) is 4.06. The number of nitrogens with one attached hydrogen (secondary N) is 3. The minimum atomic E-state index is 0.0935. The number of hydrogen-bond donors (Lipinski definition) is 3. The molecule has 2 aromatic heterocycles. The second-order valence-electron chi connectivity index (χ2n) is 7.79. The van der Waals surface area contributed by atoms with Crippen LogP contribution in [0.1, 0.15) is 52.4 Å². The largest absolute Gasteiger partial charge is 0.376 e. The van der Waals surface area contributed by atoms with E-state index < -0.39 is 0 Å². The van der Waals surface area contributed by atoms with Crippen molar-refractivity contribution in [1.29, 1.82) is 10.7 Å². The normalized spacial score (nSPS) is 15.2. The van der Waals surface area contributed by atoms with Crippen LogP contribution in [0.3, 0.4) is 0 Å². The highest BCUT2D eigenvalue weighted by atomic mass is 15.3. The quantitative estimate of drug-likeness (QED) is 0.547. The molecule has 30 heavy (non-hydrogen) atoms. The van der Waals surface area contributed by atoms with Crippen molar-refractivity contribution in [1.82, 2.24) is 14.8 Å². The highest BCUT2D eigenvalue weighted by Crippen LogP contribution is 2.36. The minimum Gasteiger partial charge on any atom is -0.376 e. The van der Waals surface area contributed by atoms with Crippen molar-refractivity contribution in [3.05, 3.63) is 64.2 Å². The van der Waals surface area contributed by atoms with E-state index in [0.29, 0.717) is 5.56 Å². The molecule has 0 unspecified atom stereocenters. The van der Waals surface area contributed by atoms with Gasteiger partial charge in [-0.1, -0.05) is 0 Å². The van der Waals surface area contributed by atoms with E-state index >= 15 is 0 Å². The van der Waals surface area contributed by atoms with Gasteiger partial charge in [0.2, 0.25) is 0 Å². The van der Waals surface area contributed by atoms with Crippen LogP contribution in [0.5, 0.6) is 0 Å². The van der Waals surface area contributed by atoms with Gasteiger partial charge in [0.25, 0.3) is 0 Å². The molecule has 0 radical (unpaired) electrons. The summed E-state index contributed by atoms with van der Waals surface area (Å²) in [5.41, 5.74) is 8.56. The fourth-order valence-corrected chi connectivity index (χ4v) is 4.09. The third-order valence-electron chi connectivity index (χ3n) is 5.73. The molecule has 7 nitrogen and oxygen atoms in total. The summed E-state index contributed by atoms with van der Waals surface area (Å²) in [6, 6.07) is 6.40. The Morgan fingerprint density at radius 1 is 1.27 bits per heavy atom. The summed E-state index contributed by atoms with van der Waals surface area (Å²) in [5.74, 6) is 0. The molecule has 2 heterocycles. The number of nitrogens with zero attached hydrogens (tertiary/aromatic N) is 4. The molecular formula is C23H25N7. The zero-order valence-corrected chi connectivity index (χ0v) is 17.5. The molecule has 1 aromatic carbocycles. The maximum Gasteiger partial charge on any atom is 0.101 e. The average molecular weight is 400 g/mol. The number of benzene rings is 1. The Balaban J connectivity index is 1.67. The summed E-state index contributed by atoms with van der Waals surface area (Å²) >= 11 is 0. The number of aryl methyl sites for hydroxylation is 2. The fraction of sp³-hybridized carbons (Fsp3) is 0.304. The van der Waals surface area contributed by atoms with Crippen molar-refractivity contribution in [3.8, 4) is 6.07 Å². The molecule has 152 valence electrons. The van der Waals surface area contributed by atoms with E-state index in [2.05, 4.69) is 26.8 Å². The molecule has 0 bridgehead atoms. The van der Waals surface area contributed by atoms with Crippen molar-refractivity contribution in [2.24, 2.45) is 7.05 Å². The summed E-state index contributed by atoms with van der Waals surface area (Å²) in [6.07, 6.45) is 9.72. The summed E-state index contributed by atoms with van der Waals surface area (Å²) in [5, 5.41) is 28.4. The maximum atomic E-state index is 9.32. The van der Waals surface area contributed by atoms with Crippen LogP contribution < -0.4 is 10.6 Å². The van der Waals surface area contributed by atoms with Gasteiger partial charge in [-0.05, 0) is 61.9 Å². The molecule has 4 rings (SSSR count). The second-order valence-corrected chi connectivity index (χ2v) is 7.79. The van der Waals surface area contributed by atoms with Gasteiger partial charge in [0.15, 0.2) is 0 Å². The van der Waals surface area contributed by atoms with E-state index in [1.165, 1.54) is 11.8 Å². The third kappa shape index (κ3) is 3.64. The standard InChI is InChI=1S/C23H25N7/c1-14-7-16(9-24)22(28-18-12-27-30(3)13-18)8-21(14)29-20-6-4-5-19-15(2)17(10-25)11-26-23(19)20/h7-9,11-13,20,24,28-29H,4-6H2,1-3H3/t20-/m1/s1. The number of fused-ring (bicyclic) bond motifs is 1. The van der Waals surface area contributed by atoms with E-state index in [1.54, 1.807) is 17.1 Å². The van der Waals surface area contributed by atoms with Crippen LogP contribution in [0.15, 0.2) is 30.7 Å². The Hall–Kier alpha value is -3.66. The number of pyridine rings is 1. The molecule has 0 fully saturated rings. The Morgan fingerprint density at radius 3 is 2.80 bits per heavy atom. The molecular weight excluding hydrogens is 374 g/mol. The lowest BCUT2D eigenvalue weighted by atomic mass is 9.87. The summed E-state index contributed by atoms with van der Waals surface area (Å²) in [7, 11) is 1.87. The number of nitriles is 1. The third-order valence-corrected chi connectivity index (χ3v) is 5.73. The van der Waals surface area contributed by atoms with Crippen LogP contribution >= 0.6 is 0 Å². The van der Waals surface area contributed by atoms with Gasteiger partial charge in [0.1, 0.15) is 6.07 Å². The Bertz CT molecular complexity index is 1150. The highest BCUT2D eigenvalue weighted by Gasteiger charge is 2.25. The second kappa shape index (κ2) is 7.99. The van der Waals surface area contributed by atoms with Crippen molar-refractivity contribution < 1.29 is 0 Å². The van der Waals surface area contributed by atoms with Gasteiger partial charge >= 0.3 is 0 Å². The van der Waals surface area contributed by atoms with Crippen molar-refractivity contribution in [2.45, 2.75) is 39.2 Å². The van der Waals surface area contributed by atoms with Crippen LogP contribution in [0.4, 0.5) is 17.1 Å². The first kappa shape index (κ1) is 19.6. The summed E-state index contributed by atoms with van der Waals surface area (Å²) < 4.78 is 1.74. The number of aromatic nitrogens is 3. The molecule has 0 saturated carbocycles. The molecule has 0 saturated heterocycles. The first-order chi connectivity index (χ1) is 14.5. The van der Waals surface area contributed by atoms with E-state index in [9.17, 15) is 5.26 Å². The van der Waals surface area contributed by atoms with Crippen molar-refractivity contribution in [2.75, 3.05) is 10.6 Å². The number of hydrogen-bond acceptors (Lipinski definition) is 6. The Morgan fingerprint density at radius 2 is 2.10 bits per heavy atom. The fourth-order valence-electron chi connectivity index (χ4n) is 4.09. The average Bonchev–Trinajstić information content (AvgIpc) is 3.15. The molecule has 1 atom stereocenters. The summed E-state index contributed by atoms with van der Waals surface area (Å²) in [4.78, 5) is 4.64. The van der Waals surface area contributed by atoms with Crippen molar-refractivity contribution in [3.63, 3.8) is 0 Å². The smallest absolute Gasteiger partial charge is 0.101 e. The van der Waals surface area contributed by atoms with Gasteiger partial charge < -0.3 is 16.0 Å². The van der Waals surface area contributed by atoms with Gasteiger partial charge in [0, 0.05) is 42.6 Å². The lowest BCUT2D eigenvalue weighted by Gasteiger charge is -2.28. The number of rotatable bonds is 5. The lowest BCUT2D eigenvalue weighted by Crippen LogP contribution is -2.21. The zero-order chi connectivity index (χ0) is 21.3. The van der Waals surface area contributed by atoms with E-state index in [4.69, 9.17) is 5.41 Å². The van der Waals surface area contributed by atoms with Gasteiger partial charge in [0.05, 0.1) is 29.2 Å². The van der Waals surface area contributed by atoms with Crippen LogP contribution in [0.2, 0.25) is 0 Å². The molecule has 0 aliphatic heterocycles. The maximum absolute atomic E-state index is 9.32. The van der Waals surface area contributed by atoms with E-state index in [-0.39, 0.29) is 6.04 Å². The van der Waals surface area contributed by atoms with Crippen molar-refractivity contribution >= 4 is 23.3 Å². The highest BCUT2D eigenvalue weighted by molar-refractivity contribution is 5.89. The predicted octanol–water partition coefficient (Wildman–Crippen LogP) is 4.53. The number of anilines is 3. The van der Waals surface area contributed by atoms with Gasteiger partial charge in [-0.2, -0.15) is 10.4 Å². The van der Waals surface area contributed by atoms with Crippen LogP contribution in [0, 0.1) is 30.6 Å². The van der Waals surface area contributed by atoms with Gasteiger partial charge in [-0.3, -0.25) is 9.67 Å². The predicted molar refractivity (Wildman–Crippen MR) is 119 cm³/mol. The Kier molecular flexibility index (Phi) is 5.23. The molecule has 7 heteroatoms. The monoisotopic (exact) mass is 399 g/mol. The molecule has 1 aliphatic carbocycles. The molecule has 3 N–H and O–H groups in total. The van der Waals surface area contributed by atoms with Gasteiger partial charge in [-0.15, -0.1) is 0 Å². The molecule has 0 spiro atoms. The molecule has 0 amide bonds. The lowest BCUT2D eigenvalue weighted by molar-refractivity contribution is 0.580. The molecule has 1 aliphatic rings. The van der Waals surface area contributed by atoms with Gasteiger partial charge in [-0.25, -0.2) is 0 Å². The SMILES string of the molecule is Cc1cc(C=N)c(Nc2cnn(C)c2)cc1N[C@@H]1CCCc2c1ncc(C#N)c2C. The zero-order valence-electron chi connectivity index (χ0n) is 17.5.